The van der Waals surface area contributed by atoms with E-state index in [0.29, 0.717) is 12.2 Å². The highest BCUT2D eigenvalue weighted by atomic mass is 15.6. The maximum atomic E-state index is 4.46. The molecule has 14 heavy (non-hydrogen) atoms. The summed E-state index contributed by atoms with van der Waals surface area (Å²) < 4.78 is 0. The van der Waals surface area contributed by atoms with Gasteiger partial charge in [0.1, 0.15) is 12.5 Å². The van der Waals surface area contributed by atoms with Crippen molar-refractivity contribution in [3.8, 4) is 0 Å². The lowest BCUT2D eigenvalue weighted by Gasteiger charge is -2.33. The van der Waals surface area contributed by atoms with Crippen LogP contribution in [0.2, 0.25) is 0 Å². The molecule has 1 atom stereocenters. The molecule has 1 unspecified atom stereocenters. The van der Waals surface area contributed by atoms with Gasteiger partial charge in [0.05, 0.1) is 0 Å². The molecule has 0 radical (unpaired) electrons. The number of hydrogen-bond acceptors (Lipinski definition) is 3. The Hall–Kier alpha value is -0.730. The van der Waals surface area contributed by atoms with Crippen LogP contribution in [-0.4, -0.2) is 35.0 Å². The van der Waals surface area contributed by atoms with Crippen molar-refractivity contribution in [3.05, 3.63) is 0 Å². The second-order valence-corrected chi connectivity index (χ2v) is 4.65. The molecule has 82 valence electrons. The van der Waals surface area contributed by atoms with Crippen molar-refractivity contribution >= 4 is 6.34 Å². The van der Waals surface area contributed by atoms with Gasteiger partial charge in [0.25, 0.3) is 0 Å². The molecule has 0 saturated carbocycles. The van der Waals surface area contributed by atoms with E-state index in [1.807, 2.05) is 6.34 Å². The van der Waals surface area contributed by atoms with Crippen molar-refractivity contribution in [1.29, 1.82) is 0 Å². The zero-order valence-corrected chi connectivity index (χ0v) is 10.1. The third-order valence-electron chi connectivity index (χ3n) is 2.60. The number of hydrazone groups is 1. The quantitative estimate of drug-likeness (QED) is 0.689. The van der Waals surface area contributed by atoms with Crippen LogP contribution in [0.25, 0.3) is 0 Å². The van der Waals surface area contributed by atoms with Gasteiger partial charge in [-0.25, -0.2) is 0 Å². The molecule has 1 aliphatic heterocycles. The lowest BCUT2D eigenvalue weighted by Crippen LogP contribution is -2.43. The predicted molar refractivity (Wildman–Crippen MR) is 61.1 cm³/mol. The Kier molecular flexibility index (Phi) is 3.78. The number of rotatable bonds is 4. The average molecular weight is 197 g/mol. The van der Waals surface area contributed by atoms with Gasteiger partial charge in [0, 0.05) is 12.6 Å². The van der Waals surface area contributed by atoms with Gasteiger partial charge in [0.2, 0.25) is 0 Å². The van der Waals surface area contributed by atoms with E-state index in [1.165, 1.54) is 6.42 Å². The molecule has 0 aliphatic carbocycles. The van der Waals surface area contributed by atoms with Gasteiger partial charge in [-0.2, -0.15) is 5.10 Å². The molecule has 0 spiro atoms. The molecule has 0 amide bonds. The molecule has 0 aromatic carbocycles. The summed E-state index contributed by atoms with van der Waals surface area (Å²) in [6.07, 6.45) is 3.64. The molecule has 0 aromatic rings. The Morgan fingerprint density at radius 3 is 2.36 bits per heavy atom. The van der Waals surface area contributed by atoms with Gasteiger partial charge < -0.3 is 4.90 Å². The van der Waals surface area contributed by atoms with E-state index < -0.39 is 0 Å². The van der Waals surface area contributed by atoms with Crippen LogP contribution in [0.3, 0.4) is 0 Å². The van der Waals surface area contributed by atoms with Crippen LogP contribution in [-0.2, 0) is 0 Å². The van der Waals surface area contributed by atoms with Gasteiger partial charge in [-0.3, -0.25) is 5.01 Å². The van der Waals surface area contributed by atoms with Gasteiger partial charge >= 0.3 is 0 Å². The van der Waals surface area contributed by atoms with Crippen LogP contribution in [0.1, 0.15) is 41.0 Å². The lowest BCUT2D eigenvalue weighted by molar-refractivity contribution is 0.0846. The van der Waals surface area contributed by atoms with Crippen LogP contribution >= 0.6 is 0 Å². The largest absolute Gasteiger partial charge is 0.340 e. The monoisotopic (exact) mass is 197 g/mol. The molecule has 1 aliphatic rings. The molecule has 0 aromatic heterocycles. The van der Waals surface area contributed by atoms with Gasteiger partial charge in [-0.05, 0) is 33.1 Å². The van der Waals surface area contributed by atoms with Crippen LogP contribution in [0.4, 0.5) is 0 Å². The Bertz CT molecular complexity index is 199. The molecule has 3 nitrogen and oxygen atoms in total. The van der Waals surface area contributed by atoms with E-state index >= 15 is 0 Å². The zero-order valence-electron chi connectivity index (χ0n) is 10.1. The minimum atomic E-state index is 0.472. The summed E-state index contributed by atoms with van der Waals surface area (Å²) in [5, 5.41) is 6.67. The standard InChI is InChI=1S/C11H23N3/c1-6-13-8-12-14(10(4)5)11(13)7-9(2)3/h8-11H,6-7H2,1-5H3. The Balaban J connectivity index is 2.64. The van der Waals surface area contributed by atoms with Gasteiger partial charge in [-0.1, -0.05) is 13.8 Å². The summed E-state index contributed by atoms with van der Waals surface area (Å²) in [7, 11) is 0. The van der Waals surface area contributed by atoms with Crippen LogP contribution in [0.5, 0.6) is 0 Å². The van der Waals surface area contributed by atoms with Crippen molar-refractivity contribution < 1.29 is 0 Å². The summed E-state index contributed by atoms with van der Waals surface area (Å²) in [6, 6.07) is 0.492. The first-order chi connectivity index (χ1) is 6.56. The van der Waals surface area contributed by atoms with Crippen LogP contribution < -0.4 is 0 Å². The van der Waals surface area contributed by atoms with E-state index in [1.54, 1.807) is 0 Å². The number of nitrogens with zero attached hydrogens (tertiary/aromatic N) is 3. The predicted octanol–water partition coefficient (Wildman–Crippen LogP) is 2.35. The molecular formula is C11H23N3. The topological polar surface area (TPSA) is 18.8 Å². The Morgan fingerprint density at radius 1 is 1.29 bits per heavy atom. The Labute approximate surface area is 87.8 Å². The fourth-order valence-corrected chi connectivity index (χ4v) is 1.87. The van der Waals surface area contributed by atoms with Crippen molar-refractivity contribution in [2.45, 2.75) is 53.2 Å². The molecule has 3 heteroatoms. The van der Waals surface area contributed by atoms with Gasteiger partial charge in [-0.15, -0.1) is 0 Å². The van der Waals surface area contributed by atoms with Crippen LogP contribution in [0.15, 0.2) is 5.10 Å². The van der Waals surface area contributed by atoms with Crippen LogP contribution in [0, 0.1) is 5.92 Å². The maximum absolute atomic E-state index is 4.46. The second kappa shape index (κ2) is 4.67. The lowest BCUT2D eigenvalue weighted by atomic mass is 10.1. The second-order valence-electron chi connectivity index (χ2n) is 4.65. The summed E-state index contributed by atoms with van der Waals surface area (Å²) >= 11 is 0. The SMILES string of the molecule is CCN1C=NN(C(C)C)C1CC(C)C. The Morgan fingerprint density at radius 2 is 1.93 bits per heavy atom. The van der Waals surface area contributed by atoms with E-state index in [-0.39, 0.29) is 0 Å². The first kappa shape index (κ1) is 11.3. The third-order valence-corrected chi connectivity index (χ3v) is 2.60. The summed E-state index contributed by atoms with van der Waals surface area (Å²) in [5.74, 6) is 0.719. The van der Waals surface area contributed by atoms with E-state index in [2.05, 4.69) is 49.6 Å². The highest BCUT2D eigenvalue weighted by Crippen LogP contribution is 2.21. The molecule has 0 saturated heterocycles. The molecular weight excluding hydrogens is 174 g/mol. The van der Waals surface area contributed by atoms with Crippen molar-refractivity contribution in [3.63, 3.8) is 0 Å². The summed E-state index contributed by atoms with van der Waals surface area (Å²) in [4.78, 5) is 2.32. The summed E-state index contributed by atoms with van der Waals surface area (Å²) in [6.45, 7) is 12.2. The maximum Gasteiger partial charge on any atom is 0.119 e. The first-order valence-corrected chi connectivity index (χ1v) is 5.64. The van der Waals surface area contributed by atoms with Crippen molar-refractivity contribution in [1.82, 2.24) is 9.91 Å². The number of hydrogen-bond donors (Lipinski definition) is 0. The molecule has 0 bridgehead atoms. The molecule has 1 rings (SSSR count). The normalized spacial score (nSPS) is 21.8. The van der Waals surface area contributed by atoms with E-state index in [4.69, 9.17) is 0 Å². The van der Waals surface area contributed by atoms with Gasteiger partial charge in [0.15, 0.2) is 0 Å². The fraction of sp³-hybridized carbons (Fsp3) is 0.909. The van der Waals surface area contributed by atoms with E-state index in [0.717, 1.165) is 12.5 Å². The average Bonchev–Trinajstić information content (AvgIpc) is 2.46. The smallest absolute Gasteiger partial charge is 0.119 e. The van der Waals surface area contributed by atoms with E-state index in [9.17, 15) is 0 Å². The molecule has 0 N–H and O–H groups in total. The third kappa shape index (κ3) is 2.40. The fourth-order valence-electron chi connectivity index (χ4n) is 1.87. The first-order valence-electron chi connectivity index (χ1n) is 5.64. The van der Waals surface area contributed by atoms with Crippen molar-refractivity contribution in [2.75, 3.05) is 6.54 Å². The van der Waals surface area contributed by atoms with Crippen molar-refractivity contribution in [2.24, 2.45) is 11.0 Å². The molecule has 0 fully saturated rings. The molecule has 1 heterocycles. The zero-order chi connectivity index (χ0) is 10.7. The highest BCUT2D eigenvalue weighted by Gasteiger charge is 2.28. The minimum Gasteiger partial charge on any atom is -0.340 e. The summed E-state index contributed by atoms with van der Waals surface area (Å²) in [5.41, 5.74) is 0. The minimum absolute atomic E-state index is 0.472. The highest BCUT2D eigenvalue weighted by molar-refractivity contribution is 5.57.